The molecule has 1 rings (SSSR count). The Bertz CT molecular complexity index is 413. The molecule has 86 valence electrons. The Labute approximate surface area is 92.6 Å². The first-order valence-electron chi connectivity index (χ1n) is 4.67. The van der Waals surface area contributed by atoms with Crippen molar-refractivity contribution in [2.45, 2.75) is 6.92 Å². The van der Waals surface area contributed by atoms with Crippen LogP contribution in [0.3, 0.4) is 0 Å². The highest BCUT2D eigenvalue weighted by Gasteiger charge is 2.02. The molecule has 0 saturated carbocycles. The Hall–Kier alpha value is -2.11. The summed E-state index contributed by atoms with van der Waals surface area (Å²) in [5.74, 6) is -0.115. The van der Waals surface area contributed by atoms with Crippen molar-refractivity contribution in [3.63, 3.8) is 0 Å². The summed E-state index contributed by atoms with van der Waals surface area (Å²) >= 11 is 0. The maximum absolute atomic E-state index is 12.9. The van der Waals surface area contributed by atoms with Crippen LogP contribution in [0.2, 0.25) is 0 Å². The first kappa shape index (κ1) is 12.0. The van der Waals surface area contributed by atoms with E-state index >= 15 is 0 Å². The van der Waals surface area contributed by atoms with Crippen molar-refractivity contribution in [3.05, 3.63) is 29.6 Å². The zero-order chi connectivity index (χ0) is 12.0. The molecule has 0 fully saturated rings. The summed E-state index contributed by atoms with van der Waals surface area (Å²) < 4.78 is 18.2. The largest absolute Gasteiger partial charge is 0.493 e. The summed E-state index contributed by atoms with van der Waals surface area (Å²) in [5, 5.41) is 7.06. The lowest BCUT2D eigenvalue weighted by Crippen LogP contribution is -2.21. The number of hydrogen-bond donors (Lipinski definition) is 2. The van der Waals surface area contributed by atoms with Crippen LogP contribution in [0.1, 0.15) is 12.5 Å². The number of halogens is 1. The zero-order valence-electron chi connectivity index (χ0n) is 8.85. The van der Waals surface area contributed by atoms with Crippen molar-refractivity contribution >= 4 is 12.2 Å². The summed E-state index contributed by atoms with van der Waals surface area (Å²) in [6.07, 6.45) is 1.39. The van der Waals surface area contributed by atoms with Gasteiger partial charge in [0.15, 0.2) is 0 Å². The molecule has 0 heterocycles. The summed E-state index contributed by atoms with van der Waals surface area (Å²) in [6, 6.07) is 4.12. The third-order valence-corrected chi connectivity index (χ3v) is 1.65. The predicted molar refractivity (Wildman–Crippen MR) is 61.0 cm³/mol. The second kappa shape index (κ2) is 5.69. The average molecular weight is 224 g/mol. The van der Waals surface area contributed by atoms with Crippen LogP contribution in [0, 0.1) is 5.82 Å². The van der Waals surface area contributed by atoms with E-state index in [4.69, 9.17) is 16.2 Å². The Balaban J connectivity index is 2.94. The molecule has 5 nitrogen and oxygen atoms in total. The van der Waals surface area contributed by atoms with E-state index < -0.39 is 0 Å². The van der Waals surface area contributed by atoms with Crippen molar-refractivity contribution in [2.75, 3.05) is 6.61 Å². The Morgan fingerprint density at radius 1 is 1.50 bits per heavy atom. The quantitative estimate of drug-likeness (QED) is 0.451. The highest BCUT2D eigenvalue weighted by molar-refractivity contribution is 5.84. The molecule has 1 aromatic carbocycles. The van der Waals surface area contributed by atoms with Gasteiger partial charge in [-0.25, -0.2) is 4.39 Å². The van der Waals surface area contributed by atoms with Crippen LogP contribution < -0.4 is 16.2 Å². The predicted octanol–water partition coefficient (Wildman–Crippen LogP) is 0.832. The molecule has 0 aliphatic heterocycles. The van der Waals surface area contributed by atoms with Crippen molar-refractivity contribution < 1.29 is 9.13 Å². The van der Waals surface area contributed by atoms with E-state index in [9.17, 15) is 4.39 Å². The van der Waals surface area contributed by atoms with Gasteiger partial charge in [-0.1, -0.05) is 0 Å². The van der Waals surface area contributed by atoms with E-state index in [2.05, 4.69) is 10.2 Å². The van der Waals surface area contributed by atoms with Gasteiger partial charge >= 0.3 is 0 Å². The van der Waals surface area contributed by atoms with Crippen LogP contribution >= 0.6 is 0 Å². The lowest BCUT2D eigenvalue weighted by molar-refractivity contribution is 0.338. The Kier molecular flexibility index (Phi) is 4.26. The summed E-state index contributed by atoms with van der Waals surface area (Å²) in [5.41, 5.74) is 10.8. The lowest BCUT2D eigenvalue weighted by Gasteiger charge is -2.05. The van der Waals surface area contributed by atoms with Gasteiger partial charge in [-0.15, -0.1) is 5.10 Å². The second-order valence-corrected chi connectivity index (χ2v) is 2.88. The van der Waals surface area contributed by atoms with Gasteiger partial charge in [0.1, 0.15) is 11.6 Å². The van der Waals surface area contributed by atoms with Crippen molar-refractivity contribution in [2.24, 2.45) is 21.7 Å². The third-order valence-electron chi connectivity index (χ3n) is 1.65. The number of benzene rings is 1. The van der Waals surface area contributed by atoms with Gasteiger partial charge in [-0.3, -0.25) is 0 Å². The number of hydrogen-bond acceptors (Lipinski definition) is 3. The summed E-state index contributed by atoms with van der Waals surface area (Å²) in [6.45, 7) is 2.24. The maximum Gasteiger partial charge on any atom is 0.211 e. The number of guanidine groups is 1. The van der Waals surface area contributed by atoms with Crippen molar-refractivity contribution in [1.29, 1.82) is 0 Å². The number of ether oxygens (including phenoxy) is 1. The van der Waals surface area contributed by atoms with E-state index in [1.165, 1.54) is 24.4 Å². The molecule has 1 aromatic rings. The molecule has 0 saturated heterocycles. The molecule has 0 aliphatic rings. The van der Waals surface area contributed by atoms with Crippen LogP contribution in [0.15, 0.2) is 28.4 Å². The lowest BCUT2D eigenvalue weighted by atomic mass is 10.2. The van der Waals surface area contributed by atoms with Crippen LogP contribution in [-0.4, -0.2) is 18.8 Å². The molecule has 16 heavy (non-hydrogen) atoms. The number of nitrogens with two attached hydrogens (primary N) is 2. The molecule has 0 bridgehead atoms. The minimum Gasteiger partial charge on any atom is -0.493 e. The van der Waals surface area contributed by atoms with Gasteiger partial charge in [-0.05, 0) is 19.1 Å². The SMILES string of the molecule is CCOc1cc(F)ccc1C=NN=C(N)N. The molecule has 0 aliphatic carbocycles. The van der Waals surface area contributed by atoms with Gasteiger partial charge in [0.05, 0.1) is 12.8 Å². The summed E-state index contributed by atoms with van der Waals surface area (Å²) in [7, 11) is 0. The van der Waals surface area contributed by atoms with E-state index in [0.29, 0.717) is 17.9 Å². The topological polar surface area (TPSA) is 86.0 Å². The molecule has 0 atom stereocenters. The van der Waals surface area contributed by atoms with Gasteiger partial charge in [0, 0.05) is 11.6 Å². The van der Waals surface area contributed by atoms with E-state index in [-0.39, 0.29) is 11.8 Å². The maximum atomic E-state index is 12.9. The molecule has 6 heteroatoms. The van der Waals surface area contributed by atoms with Crippen LogP contribution in [0.5, 0.6) is 5.75 Å². The summed E-state index contributed by atoms with van der Waals surface area (Å²) in [4.78, 5) is 0. The highest BCUT2D eigenvalue weighted by Crippen LogP contribution is 2.18. The fourth-order valence-electron chi connectivity index (χ4n) is 1.05. The van der Waals surface area contributed by atoms with E-state index in [1.807, 2.05) is 6.92 Å². The second-order valence-electron chi connectivity index (χ2n) is 2.88. The molecule has 0 aromatic heterocycles. The zero-order valence-corrected chi connectivity index (χ0v) is 8.85. The molecule has 4 N–H and O–H groups in total. The first-order chi connectivity index (χ1) is 7.63. The van der Waals surface area contributed by atoms with Crippen LogP contribution in [-0.2, 0) is 0 Å². The smallest absolute Gasteiger partial charge is 0.211 e. The minimum atomic E-state index is -0.373. The number of nitrogens with zero attached hydrogens (tertiary/aromatic N) is 2. The van der Waals surface area contributed by atoms with E-state index in [0.717, 1.165) is 0 Å². The van der Waals surface area contributed by atoms with Gasteiger partial charge in [-0.2, -0.15) is 5.10 Å². The standard InChI is InChI=1S/C10H13FN4O/c1-2-16-9-5-8(11)4-3-7(9)6-14-15-10(12)13/h3-6H,2H2,1H3,(H4,12,13,15). The Morgan fingerprint density at radius 3 is 2.88 bits per heavy atom. The van der Waals surface area contributed by atoms with Crippen LogP contribution in [0.25, 0.3) is 0 Å². The normalized spacial score (nSPS) is 10.4. The molecule has 0 radical (unpaired) electrons. The molecule has 0 spiro atoms. The molecular weight excluding hydrogens is 211 g/mol. The van der Waals surface area contributed by atoms with Crippen molar-refractivity contribution in [1.82, 2.24) is 0 Å². The monoisotopic (exact) mass is 224 g/mol. The Morgan fingerprint density at radius 2 is 2.25 bits per heavy atom. The fraction of sp³-hybridized carbons (Fsp3) is 0.200. The van der Waals surface area contributed by atoms with Gasteiger partial charge in [0.2, 0.25) is 5.96 Å². The first-order valence-corrected chi connectivity index (χ1v) is 4.67. The molecular formula is C10H13FN4O. The van der Waals surface area contributed by atoms with Crippen LogP contribution in [0.4, 0.5) is 4.39 Å². The molecule has 0 unspecified atom stereocenters. The third kappa shape index (κ3) is 3.56. The fourth-order valence-corrected chi connectivity index (χ4v) is 1.05. The van der Waals surface area contributed by atoms with Gasteiger partial charge < -0.3 is 16.2 Å². The van der Waals surface area contributed by atoms with E-state index in [1.54, 1.807) is 0 Å². The highest BCUT2D eigenvalue weighted by atomic mass is 19.1. The average Bonchev–Trinajstić information content (AvgIpc) is 2.21. The number of rotatable bonds is 4. The van der Waals surface area contributed by atoms with Gasteiger partial charge in [0.25, 0.3) is 0 Å². The van der Waals surface area contributed by atoms with Crippen molar-refractivity contribution in [3.8, 4) is 5.75 Å². The minimum absolute atomic E-state index is 0.142. The molecule has 0 amide bonds.